The van der Waals surface area contributed by atoms with Crippen LogP contribution in [0.25, 0.3) is 0 Å². The van der Waals surface area contributed by atoms with Gasteiger partial charge < -0.3 is 25.0 Å². The van der Waals surface area contributed by atoms with Crippen LogP contribution in [0.3, 0.4) is 0 Å². The van der Waals surface area contributed by atoms with Gasteiger partial charge in [-0.15, -0.1) is 0 Å². The van der Waals surface area contributed by atoms with Crippen molar-refractivity contribution in [2.24, 2.45) is 11.8 Å². The molecule has 38 heavy (non-hydrogen) atoms. The molecule has 3 heterocycles. The molecule has 1 saturated carbocycles. The molecule has 3 fully saturated rings. The number of fused-ring (bicyclic) bond motifs is 1. The van der Waals surface area contributed by atoms with E-state index in [0.717, 1.165) is 25.7 Å². The third-order valence-corrected chi connectivity index (χ3v) is 8.61. The maximum atomic E-state index is 13.9. The molecule has 206 valence electrons. The summed E-state index contributed by atoms with van der Waals surface area (Å²) in [5, 5.41) is 6.23. The molecule has 4 aliphatic rings. The largest absolute Gasteiger partial charge is 0.382 e. The van der Waals surface area contributed by atoms with Crippen LogP contribution in [-0.2, 0) is 23.9 Å². The normalized spacial score (nSPS) is 30.2. The van der Waals surface area contributed by atoms with Crippen LogP contribution >= 0.6 is 0 Å². The number of nitrogens with one attached hydrogen (secondary N) is 2. The highest BCUT2D eigenvalue weighted by atomic mass is 16.5. The Hall–Kier alpha value is -2.71. The maximum absolute atomic E-state index is 13.9. The van der Waals surface area contributed by atoms with Gasteiger partial charge in [0.25, 0.3) is 0 Å². The average molecular weight is 524 g/mol. The van der Waals surface area contributed by atoms with Crippen molar-refractivity contribution in [2.75, 3.05) is 25.1 Å². The molecular formula is C30H41N3O5. The van der Waals surface area contributed by atoms with Crippen LogP contribution in [-0.4, -0.2) is 66.2 Å². The lowest BCUT2D eigenvalue weighted by Crippen LogP contribution is -2.56. The number of benzene rings is 1. The van der Waals surface area contributed by atoms with Crippen LogP contribution in [0.1, 0.15) is 70.8 Å². The van der Waals surface area contributed by atoms with E-state index < -0.39 is 29.6 Å². The minimum Gasteiger partial charge on any atom is -0.382 e. The number of ether oxygens (including phenoxy) is 2. The molecule has 2 bridgehead atoms. The van der Waals surface area contributed by atoms with E-state index in [0.29, 0.717) is 37.8 Å². The quantitative estimate of drug-likeness (QED) is 0.359. The lowest BCUT2D eigenvalue weighted by molar-refractivity contribution is -0.141. The fraction of sp³-hybridized carbons (Fsp3) is 0.633. The van der Waals surface area contributed by atoms with Gasteiger partial charge in [-0.25, -0.2) is 0 Å². The van der Waals surface area contributed by atoms with Gasteiger partial charge in [-0.1, -0.05) is 57.4 Å². The van der Waals surface area contributed by atoms with Gasteiger partial charge in [-0.3, -0.25) is 14.4 Å². The summed E-state index contributed by atoms with van der Waals surface area (Å²) in [7, 11) is 0. The van der Waals surface area contributed by atoms with E-state index in [1.165, 1.54) is 12.0 Å². The van der Waals surface area contributed by atoms with E-state index in [1.807, 2.05) is 43.3 Å². The average Bonchev–Trinajstić information content (AvgIpc) is 3.55. The Kier molecular flexibility index (Phi) is 7.91. The second-order valence-electron chi connectivity index (χ2n) is 11.4. The van der Waals surface area contributed by atoms with Crippen molar-refractivity contribution >= 4 is 23.4 Å². The van der Waals surface area contributed by atoms with Crippen LogP contribution in [0.2, 0.25) is 0 Å². The number of rotatable bonds is 10. The Bertz CT molecular complexity index is 1060. The summed E-state index contributed by atoms with van der Waals surface area (Å²) < 4.78 is 11.9. The molecule has 0 aromatic heterocycles. The molecule has 1 spiro atoms. The van der Waals surface area contributed by atoms with E-state index in [2.05, 4.69) is 24.5 Å². The zero-order valence-electron chi connectivity index (χ0n) is 22.8. The summed E-state index contributed by atoms with van der Waals surface area (Å²) in [6.07, 6.45) is 9.10. The van der Waals surface area contributed by atoms with Crippen molar-refractivity contribution in [1.29, 1.82) is 0 Å². The van der Waals surface area contributed by atoms with Crippen LogP contribution in [0.15, 0.2) is 36.4 Å². The summed E-state index contributed by atoms with van der Waals surface area (Å²) in [5.74, 6) is -1.65. The Morgan fingerprint density at radius 2 is 1.87 bits per heavy atom. The van der Waals surface area contributed by atoms with Crippen molar-refractivity contribution in [2.45, 2.75) is 89.0 Å². The lowest BCUT2D eigenvalue weighted by Gasteiger charge is -2.34. The van der Waals surface area contributed by atoms with E-state index in [4.69, 9.17) is 9.47 Å². The third kappa shape index (κ3) is 4.89. The summed E-state index contributed by atoms with van der Waals surface area (Å²) >= 11 is 0. The number of likely N-dealkylation sites (tertiary alicyclic amines) is 1. The highest BCUT2D eigenvalue weighted by molar-refractivity contribution is 6.02. The summed E-state index contributed by atoms with van der Waals surface area (Å²) in [5.41, 5.74) is 0.745. The molecule has 2 N–H and O–H groups in total. The summed E-state index contributed by atoms with van der Waals surface area (Å²) in [4.78, 5) is 43.0. The standard InChI is InChI=1S/C30H41N3O5/c1-4-37-18-8-17-33-26(28(35)32-21-9-6-5-7-10-21)30-16-15-23(38-30)24(25(30)29(33)36)27(34)31-22-13-11-20(12-14-22)19(2)3/h11-16,19,21,23-26H,4-10,17-18H2,1-3H3,(H,31,34)(H,32,35)/t23-,24+,25-,26-,30-/m0/s1. The van der Waals surface area contributed by atoms with Crippen LogP contribution in [0.4, 0.5) is 5.69 Å². The lowest BCUT2D eigenvalue weighted by atomic mass is 9.74. The van der Waals surface area contributed by atoms with Gasteiger partial charge >= 0.3 is 0 Å². The highest BCUT2D eigenvalue weighted by Crippen LogP contribution is 2.55. The van der Waals surface area contributed by atoms with Gasteiger partial charge in [-0.2, -0.15) is 0 Å². The number of hydrogen-bond acceptors (Lipinski definition) is 5. The SMILES string of the molecule is CCOCCCN1C(=O)[C@@H]2[C@H](C(=O)Nc3ccc(C(C)C)cc3)[C@@H]3C=C[C@@]2(O3)[C@@H]1C(=O)NC1CCCCC1. The Balaban J connectivity index is 1.38. The Morgan fingerprint density at radius 1 is 1.13 bits per heavy atom. The maximum Gasteiger partial charge on any atom is 0.246 e. The van der Waals surface area contributed by atoms with Gasteiger partial charge in [0.1, 0.15) is 11.6 Å². The third-order valence-electron chi connectivity index (χ3n) is 8.61. The van der Waals surface area contributed by atoms with Crippen molar-refractivity contribution in [3.05, 3.63) is 42.0 Å². The number of carbonyl (C=O) groups excluding carboxylic acids is 3. The first kappa shape index (κ1) is 26.9. The molecule has 8 nitrogen and oxygen atoms in total. The molecular weight excluding hydrogens is 482 g/mol. The number of anilines is 1. The second kappa shape index (κ2) is 11.2. The minimum atomic E-state index is -1.13. The first-order chi connectivity index (χ1) is 18.4. The predicted octanol–water partition coefficient (Wildman–Crippen LogP) is 3.77. The van der Waals surface area contributed by atoms with E-state index >= 15 is 0 Å². The molecule has 0 unspecified atom stereocenters. The topological polar surface area (TPSA) is 97.0 Å². The Labute approximate surface area is 225 Å². The van der Waals surface area contributed by atoms with Crippen LogP contribution in [0, 0.1) is 11.8 Å². The molecule has 1 aromatic carbocycles. The fourth-order valence-electron chi connectivity index (χ4n) is 6.69. The van der Waals surface area contributed by atoms with E-state index in [1.54, 1.807) is 4.90 Å². The first-order valence-electron chi connectivity index (χ1n) is 14.3. The number of hydrogen-bond donors (Lipinski definition) is 2. The fourth-order valence-corrected chi connectivity index (χ4v) is 6.69. The predicted molar refractivity (Wildman–Crippen MR) is 145 cm³/mol. The molecule has 5 rings (SSSR count). The van der Waals surface area contributed by atoms with Crippen molar-refractivity contribution in [3.8, 4) is 0 Å². The van der Waals surface area contributed by atoms with Gasteiger partial charge in [0.2, 0.25) is 17.7 Å². The zero-order valence-corrected chi connectivity index (χ0v) is 22.8. The summed E-state index contributed by atoms with van der Waals surface area (Å²) in [6, 6.07) is 7.11. The van der Waals surface area contributed by atoms with E-state index in [-0.39, 0.29) is 23.8 Å². The highest BCUT2D eigenvalue weighted by Gasteiger charge is 2.72. The number of nitrogens with zero attached hydrogens (tertiary/aromatic N) is 1. The first-order valence-corrected chi connectivity index (χ1v) is 14.3. The van der Waals surface area contributed by atoms with Gasteiger partial charge in [0, 0.05) is 31.5 Å². The van der Waals surface area contributed by atoms with Crippen LogP contribution < -0.4 is 10.6 Å². The van der Waals surface area contributed by atoms with Gasteiger partial charge in [0.05, 0.1) is 17.9 Å². The monoisotopic (exact) mass is 523 g/mol. The molecule has 2 saturated heterocycles. The molecule has 0 radical (unpaired) electrons. The number of amides is 3. The second-order valence-corrected chi connectivity index (χ2v) is 11.4. The molecule has 3 amide bonds. The molecule has 1 aliphatic carbocycles. The van der Waals surface area contributed by atoms with Crippen molar-refractivity contribution < 1.29 is 23.9 Å². The minimum absolute atomic E-state index is 0.113. The van der Waals surface area contributed by atoms with Gasteiger partial charge in [-0.05, 0) is 49.8 Å². The molecule has 8 heteroatoms. The van der Waals surface area contributed by atoms with E-state index in [9.17, 15) is 14.4 Å². The Morgan fingerprint density at radius 3 is 2.55 bits per heavy atom. The molecule has 5 atom stereocenters. The molecule has 3 aliphatic heterocycles. The van der Waals surface area contributed by atoms with Gasteiger partial charge in [0.15, 0.2) is 0 Å². The van der Waals surface area contributed by atoms with Crippen molar-refractivity contribution in [3.63, 3.8) is 0 Å². The van der Waals surface area contributed by atoms with Crippen molar-refractivity contribution in [1.82, 2.24) is 10.2 Å². The summed E-state index contributed by atoms with van der Waals surface area (Å²) in [6.45, 7) is 7.66. The van der Waals surface area contributed by atoms with Crippen LogP contribution in [0.5, 0.6) is 0 Å². The number of carbonyl (C=O) groups is 3. The smallest absolute Gasteiger partial charge is 0.246 e. The zero-order chi connectivity index (χ0) is 26.9. The molecule has 1 aromatic rings.